The normalized spacial score (nSPS) is 19.4. The van der Waals surface area contributed by atoms with Gasteiger partial charge in [0.1, 0.15) is 0 Å². The standard InChI is InChI=1S/C8H18N2S.C2H6/c1-10-5-3-8(4-6-10)7-9-11-2;1-2/h8-9H,3-7H2,1-2H3;1-2H3. The summed E-state index contributed by atoms with van der Waals surface area (Å²) in [6.45, 7) is 7.75. The van der Waals surface area contributed by atoms with E-state index in [-0.39, 0.29) is 0 Å². The number of hydrogen-bond acceptors (Lipinski definition) is 3. The second-order valence-corrected chi connectivity index (χ2v) is 4.00. The van der Waals surface area contributed by atoms with Gasteiger partial charge in [0.15, 0.2) is 0 Å². The van der Waals surface area contributed by atoms with Crippen molar-refractivity contribution in [3.05, 3.63) is 0 Å². The van der Waals surface area contributed by atoms with E-state index in [0.29, 0.717) is 0 Å². The number of hydrogen-bond donors (Lipinski definition) is 1. The zero-order valence-corrected chi connectivity index (χ0v) is 10.3. The van der Waals surface area contributed by atoms with Crippen LogP contribution in [0.15, 0.2) is 0 Å². The third-order valence-corrected chi connectivity index (χ3v) is 2.81. The van der Waals surface area contributed by atoms with E-state index in [1.165, 1.54) is 32.5 Å². The summed E-state index contributed by atoms with van der Waals surface area (Å²) in [7, 11) is 2.21. The number of likely N-dealkylation sites (tertiary alicyclic amines) is 1. The van der Waals surface area contributed by atoms with Gasteiger partial charge in [0.05, 0.1) is 0 Å². The lowest BCUT2D eigenvalue weighted by molar-refractivity contribution is 0.221. The average Bonchev–Trinajstić information content (AvgIpc) is 2.20. The van der Waals surface area contributed by atoms with Crippen molar-refractivity contribution >= 4 is 11.9 Å². The Morgan fingerprint density at radius 2 is 1.85 bits per heavy atom. The van der Waals surface area contributed by atoms with Crippen molar-refractivity contribution < 1.29 is 0 Å². The highest BCUT2D eigenvalue weighted by atomic mass is 32.2. The summed E-state index contributed by atoms with van der Waals surface area (Å²) in [5, 5.41) is 0. The van der Waals surface area contributed by atoms with Gasteiger partial charge in [-0.2, -0.15) is 0 Å². The Labute approximate surface area is 87.6 Å². The first-order valence-electron chi connectivity index (χ1n) is 5.27. The first-order chi connectivity index (χ1) is 6.33. The van der Waals surface area contributed by atoms with Crippen molar-refractivity contribution in [2.24, 2.45) is 5.92 Å². The lowest BCUT2D eigenvalue weighted by Crippen LogP contribution is -2.33. The molecule has 80 valence electrons. The predicted molar refractivity (Wildman–Crippen MR) is 63.1 cm³/mol. The van der Waals surface area contributed by atoms with Crippen molar-refractivity contribution in [1.29, 1.82) is 0 Å². The van der Waals surface area contributed by atoms with Crippen LogP contribution in [0, 0.1) is 5.92 Å². The minimum absolute atomic E-state index is 0.915. The molecule has 3 heteroatoms. The summed E-state index contributed by atoms with van der Waals surface area (Å²) in [6, 6.07) is 0. The molecule has 0 saturated carbocycles. The molecule has 0 amide bonds. The summed E-state index contributed by atoms with van der Waals surface area (Å²) in [4.78, 5) is 2.41. The van der Waals surface area contributed by atoms with Gasteiger partial charge < -0.3 is 4.90 Å². The van der Waals surface area contributed by atoms with E-state index in [1.54, 1.807) is 11.9 Å². The van der Waals surface area contributed by atoms with Gasteiger partial charge in [-0.25, -0.2) is 0 Å². The van der Waals surface area contributed by atoms with Crippen LogP contribution in [-0.4, -0.2) is 37.8 Å². The minimum Gasteiger partial charge on any atom is -0.306 e. The van der Waals surface area contributed by atoms with Crippen molar-refractivity contribution in [1.82, 2.24) is 9.62 Å². The molecule has 0 aromatic carbocycles. The molecule has 1 aliphatic rings. The highest BCUT2D eigenvalue weighted by Gasteiger charge is 2.15. The van der Waals surface area contributed by atoms with Gasteiger partial charge >= 0.3 is 0 Å². The first kappa shape index (κ1) is 13.3. The maximum atomic E-state index is 3.33. The van der Waals surface area contributed by atoms with E-state index in [0.717, 1.165) is 5.92 Å². The van der Waals surface area contributed by atoms with Gasteiger partial charge in [0.2, 0.25) is 0 Å². The van der Waals surface area contributed by atoms with Gasteiger partial charge in [-0.1, -0.05) is 25.8 Å². The summed E-state index contributed by atoms with van der Waals surface area (Å²) < 4.78 is 3.33. The molecular weight excluding hydrogens is 180 g/mol. The molecule has 0 bridgehead atoms. The van der Waals surface area contributed by atoms with Crippen LogP contribution in [0.4, 0.5) is 0 Å². The third kappa shape index (κ3) is 6.36. The molecule has 1 aliphatic heterocycles. The molecule has 2 nitrogen and oxygen atoms in total. The van der Waals surface area contributed by atoms with Crippen LogP contribution >= 0.6 is 11.9 Å². The molecule has 1 heterocycles. The Kier molecular flexibility index (Phi) is 9.03. The number of piperidine rings is 1. The van der Waals surface area contributed by atoms with Gasteiger partial charge in [0.25, 0.3) is 0 Å². The largest absolute Gasteiger partial charge is 0.306 e. The second-order valence-electron chi connectivity index (χ2n) is 3.30. The third-order valence-electron chi connectivity index (χ3n) is 2.35. The molecule has 0 aliphatic carbocycles. The van der Waals surface area contributed by atoms with Crippen molar-refractivity contribution in [3.8, 4) is 0 Å². The summed E-state index contributed by atoms with van der Waals surface area (Å²) in [5.74, 6) is 0.915. The zero-order chi connectivity index (χ0) is 10.1. The Morgan fingerprint density at radius 1 is 1.31 bits per heavy atom. The summed E-state index contributed by atoms with van der Waals surface area (Å²) >= 11 is 1.73. The lowest BCUT2D eigenvalue weighted by atomic mass is 9.98. The van der Waals surface area contributed by atoms with Gasteiger partial charge in [-0.3, -0.25) is 4.72 Å². The van der Waals surface area contributed by atoms with Gasteiger partial charge in [-0.05, 0) is 45.2 Å². The van der Waals surface area contributed by atoms with E-state index in [2.05, 4.69) is 22.9 Å². The molecule has 1 N–H and O–H groups in total. The minimum atomic E-state index is 0.915. The SMILES string of the molecule is CC.CSNCC1CCN(C)CC1. The monoisotopic (exact) mass is 204 g/mol. The number of nitrogens with zero attached hydrogens (tertiary/aromatic N) is 1. The van der Waals surface area contributed by atoms with E-state index in [9.17, 15) is 0 Å². The maximum absolute atomic E-state index is 3.33. The Morgan fingerprint density at radius 3 is 2.31 bits per heavy atom. The lowest BCUT2D eigenvalue weighted by Gasteiger charge is -2.28. The molecule has 0 radical (unpaired) electrons. The fourth-order valence-corrected chi connectivity index (χ4v) is 1.87. The second kappa shape index (κ2) is 8.85. The van der Waals surface area contributed by atoms with Crippen LogP contribution in [-0.2, 0) is 0 Å². The molecule has 0 aromatic rings. The molecule has 1 rings (SSSR count). The molecule has 0 unspecified atom stereocenters. The highest BCUT2D eigenvalue weighted by Crippen LogP contribution is 2.14. The Balaban J connectivity index is 0.000000671. The maximum Gasteiger partial charge on any atom is 0.00877 e. The van der Waals surface area contributed by atoms with Crippen LogP contribution in [0.1, 0.15) is 26.7 Å². The summed E-state index contributed by atoms with van der Waals surface area (Å²) in [5.41, 5.74) is 0. The fraction of sp³-hybridized carbons (Fsp3) is 1.00. The molecule has 0 atom stereocenters. The molecule has 1 fully saturated rings. The van der Waals surface area contributed by atoms with Crippen molar-refractivity contribution in [2.75, 3.05) is 32.9 Å². The highest BCUT2D eigenvalue weighted by molar-refractivity contribution is 7.96. The van der Waals surface area contributed by atoms with Crippen LogP contribution in [0.3, 0.4) is 0 Å². The Hall–Kier alpha value is 0.270. The van der Waals surface area contributed by atoms with E-state index >= 15 is 0 Å². The van der Waals surface area contributed by atoms with Crippen molar-refractivity contribution in [3.63, 3.8) is 0 Å². The van der Waals surface area contributed by atoms with Gasteiger partial charge in [0, 0.05) is 6.54 Å². The molecule has 13 heavy (non-hydrogen) atoms. The first-order valence-corrected chi connectivity index (χ1v) is 6.50. The quantitative estimate of drug-likeness (QED) is 0.710. The van der Waals surface area contributed by atoms with Crippen LogP contribution < -0.4 is 4.72 Å². The molecular formula is C10H24N2S. The topological polar surface area (TPSA) is 15.3 Å². The Bertz CT molecular complexity index is 98.3. The summed E-state index contributed by atoms with van der Waals surface area (Å²) in [6.07, 6.45) is 4.82. The van der Waals surface area contributed by atoms with E-state index in [4.69, 9.17) is 0 Å². The fourth-order valence-electron chi connectivity index (χ4n) is 1.47. The van der Waals surface area contributed by atoms with E-state index in [1.807, 2.05) is 13.8 Å². The molecule has 0 spiro atoms. The predicted octanol–water partition coefficient (Wildman–Crippen LogP) is 2.22. The van der Waals surface area contributed by atoms with Crippen LogP contribution in [0.2, 0.25) is 0 Å². The van der Waals surface area contributed by atoms with Crippen molar-refractivity contribution in [2.45, 2.75) is 26.7 Å². The van der Waals surface area contributed by atoms with E-state index < -0.39 is 0 Å². The van der Waals surface area contributed by atoms with Crippen LogP contribution in [0.25, 0.3) is 0 Å². The smallest absolute Gasteiger partial charge is 0.00877 e. The van der Waals surface area contributed by atoms with Gasteiger partial charge in [-0.15, -0.1) is 0 Å². The number of rotatable bonds is 3. The van der Waals surface area contributed by atoms with Crippen LogP contribution in [0.5, 0.6) is 0 Å². The molecule has 0 aromatic heterocycles. The molecule has 1 saturated heterocycles. The number of nitrogens with one attached hydrogen (secondary N) is 1. The zero-order valence-electron chi connectivity index (χ0n) is 9.47. The average molecular weight is 204 g/mol.